The Morgan fingerprint density at radius 2 is 1.69 bits per heavy atom. The zero-order valence-corrected chi connectivity index (χ0v) is 15.6. The summed E-state index contributed by atoms with van der Waals surface area (Å²) in [5.41, 5.74) is 0.890. The first-order chi connectivity index (χ1) is 12.3. The number of benzene rings is 1. The van der Waals surface area contributed by atoms with Crippen molar-refractivity contribution in [1.29, 1.82) is 0 Å². The summed E-state index contributed by atoms with van der Waals surface area (Å²) >= 11 is 0. The van der Waals surface area contributed by atoms with Crippen LogP contribution < -0.4 is 15.8 Å². The van der Waals surface area contributed by atoms with E-state index >= 15 is 0 Å². The maximum atomic E-state index is 12.1. The van der Waals surface area contributed by atoms with Crippen LogP contribution in [0.1, 0.15) is 18.4 Å². The standard InChI is InChI=1S/C17H25N3O5S/c1-25-10-2-8-19-16(21)14-11-15(14)17(22)20-9-7-12-3-5-13(6-4-12)26(18,23)24/h3-6,14-15H,2,7-11H2,1H3,(H,19,21)(H,20,22)(H2,18,23,24). The molecule has 1 aromatic rings. The zero-order valence-electron chi connectivity index (χ0n) is 14.7. The van der Waals surface area contributed by atoms with Crippen LogP contribution in [-0.2, 0) is 30.8 Å². The Hall–Kier alpha value is -1.97. The predicted molar refractivity (Wildman–Crippen MR) is 95.6 cm³/mol. The van der Waals surface area contributed by atoms with Crippen molar-refractivity contribution < 1.29 is 22.7 Å². The van der Waals surface area contributed by atoms with Gasteiger partial charge in [-0.2, -0.15) is 0 Å². The molecule has 0 aromatic heterocycles. The van der Waals surface area contributed by atoms with E-state index in [1.54, 1.807) is 19.2 Å². The predicted octanol–water partition coefficient (Wildman–Crippen LogP) is -0.218. The molecule has 2 unspecified atom stereocenters. The molecule has 0 heterocycles. The first-order valence-corrected chi connectivity index (χ1v) is 10.0. The number of nitrogens with two attached hydrogens (primary N) is 1. The number of amides is 2. The van der Waals surface area contributed by atoms with Crippen LogP contribution in [0.15, 0.2) is 29.2 Å². The second-order valence-corrected chi connectivity index (χ2v) is 7.88. The Morgan fingerprint density at radius 1 is 1.12 bits per heavy atom. The summed E-state index contributed by atoms with van der Waals surface area (Å²) in [4.78, 5) is 24.0. The monoisotopic (exact) mass is 383 g/mol. The van der Waals surface area contributed by atoms with Gasteiger partial charge in [0, 0.05) is 26.8 Å². The van der Waals surface area contributed by atoms with Gasteiger partial charge in [0.15, 0.2) is 0 Å². The molecule has 2 amide bonds. The number of nitrogens with one attached hydrogen (secondary N) is 2. The van der Waals surface area contributed by atoms with Crippen LogP contribution in [0.25, 0.3) is 0 Å². The molecule has 0 spiro atoms. The molecule has 1 aliphatic carbocycles. The molecule has 9 heteroatoms. The van der Waals surface area contributed by atoms with Crippen molar-refractivity contribution in [3.8, 4) is 0 Å². The number of hydrogen-bond donors (Lipinski definition) is 3. The van der Waals surface area contributed by atoms with Crippen LogP contribution in [0.4, 0.5) is 0 Å². The molecule has 0 aliphatic heterocycles. The first-order valence-electron chi connectivity index (χ1n) is 8.49. The SMILES string of the molecule is COCCCNC(=O)C1CC1C(=O)NCCc1ccc(S(N)(=O)=O)cc1. The average Bonchev–Trinajstić information content (AvgIpc) is 3.39. The fourth-order valence-electron chi connectivity index (χ4n) is 2.64. The Morgan fingerprint density at radius 3 is 2.23 bits per heavy atom. The summed E-state index contributed by atoms with van der Waals surface area (Å²) in [6.07, 6.45) is 1.89. The number of carbonyl (C=O) groups is 2. The van der Waals surface area contributed by atoms with Gasteiger partial charge >= 0.3 is 0 Å². The minimum absolute atomic E-state index is 0.0580. The number of ether oxygens (including phenoxy) is 1. The van der Waals surface area contributed by atoms with Gasteiger partial charge in [-0.15, -0.1) is 0 Å². The fourth-order valence-corrected chi connectivity index (χ4v) is 3.16. The summed E-state index contributed by atoms with van der Waals surface area (Å²) in [6.45, 7) is 1.56. The summed E-state index contributed by atoms with van der Waals surface area (Å²) in [6, 6.07) is 6.22. The number of methoxy groups -OCH3 is 1. The maximum absolute atomic E-state index is 12.1. The quantitative estimate of drug-likeness (QED) is 0.481. The van der Waals surface area contributed by atoms with E-state index < -0.39 is 10.0 Å². The van der Waals surface area contributed by atoms with Gasteiger partial charge in [-0.05, 0) is 37.0 Å². The molecule has 2 atom stereocenters. The summed E-state index contributed by atoms with van der Waals surface area (Å²) in [5.74, 6) is -0.711. The van der Waals surface area contributed by atoms with Gasteiger partial charge in [-0.25, -0.2) is 13.6 Å². The van der Waals surface area contributed by atoms with Crippen molar-refractivity contribution in [2.24, 2.45) is 17.0 Å². The molecule has 144 valence electrons. The lowest BCUT2D eigenvalue weighted by molar-refractivity contribution is -0.127. The van der Waals surface area contributed by atoms with Gasteiger partial charge in [-0.3, -0.25) is 9.59 Å². The van der Waals surface area contributed by atoms with E-state index in [0.717, 1.165) is 12.0 Å². The van der Waals surface area contributed by atoms with E-state index in [9.17, 15) is 18.0 Å². The van der Waals surface area contributed by atoms with Crippen LogP contribution >= 0.6 is 0 Å². The highest BCUT2D eigenvalue weighted by atomic mass is 32.2. The highest BCUT2D eigenvalue weighted by Gasteiger charge is 2.47. The molecule has 0 bridgehead atoms. The number of rotatable bonds is 10. The Labute approximate surface area is 153 Å². The van der Waals surface area contributed by atoms with Crippen LogP contribution in [-0.4, -0.2) is 47.0 Å². The van der Waals surface area contributed by atoms with Gasteiger partial charge in [0.1, 0.15) is 0 Å². The normalized spacial score (nSPS) is 19.0. The summed E-state index contributed by atoms with van der Waals surface area (Å²) in [7, 11) is -2.09. The lowest BCUT2D eigenvalue weighted by atomic mass is 10.1. The zero-order chi connectivity index (χ0) is 19.2. The number of sulfonamides is 1. The van der Waals surface area contributed by atoms with Gasteiger partial charge in [0.2, 0.25) is 21.8 Å². The third kappa shape index (κ3) is 6.08. The van der Waals surface area contributed by atoms with Crippen molar-refractivity contribution >= 4 is 21.8 Å². The van der Waals surface area contributed by atoms with Crippen molar-refractivity contribution in [1.82, 2.24) is 10.6 Å². The highest BCUT2D eigenvalue weighted by Crippen LogP contribution is 2.38. The van der Waals surface area contributed by atoms with Crippen LogP contribution in [0, 0.1) is 11.8 Å². The molecule has 0 radical (unpaired) electrons. The lowest BCUT2D eigenvalue weighted by Gasteiger charge is -2.07. The second-order valence-electron chi connectivity index (χ2n) is 6.32. The number of hydrogen-bond acceptors (Lipinski definition) is 5. The third-order valence-electron chi connectivity index (χ3n) is 4.25. The first kappa shape index (κ1) is 20.3. The van der Waals surface area contributed by atoms with Gasteiger partial charge < -0.3 is 15.4 Å². The molecule has 0 saturated heterocycles. The minimum atomic E-state index is -3.70. The molecule has 4 N–H and O–H groups in total. The number of primary sulfonamides is 1. The topological polar surface area (TPSA) is 128 Å². The summed E-state index contributed by atoms with van der Waals surface area (Å²) in [5, 5.41) is 10.7. The highest BCUT2D eigenvalue weighted by molar-refractivity contribution is 7.89. The van der Waals surface area contributed by atoms with Crippen molar-refractivity contribution in [2.45, 2.75) is 24.2 Å². The van der Waals surface area contributed by atoms with E-state index in [1.165, 1.54) is 12.1 Å². The van der Waals surface area contributed by atoms with E-state index in [1.807, 2.05) is 0 Å². The largest absolute Gasteiger partial charge is 0.385 e. The fraction of sp³-hybridized carbons (Fsp3) is 0.529. The van der Waals surface area contributed by atoms with Crippen LogP contribution in [0.3, 0.4) is 0 Å². The summed E-state index contributed by atoms with van der Waals surface area (Å²) < 4.78 is 27.3. The van der Waals surface area contributed by atoms with Gasteiger partial charge in [0.25, 0.3) is 0 Å². The van der Waals surface area contributed by atoms with E-state index in [4.69, 9.17) is 9.88 Å². The average molecular weight is 383 g/mol. The molecule has 1 fully saturated rings. The molecule has 8 nitrogen and oxygen atoms in total. The minimum Gasteiger partial charge on any atom is -0.385 e. The smallest absolute Gasteiger partial charge is 0.238 e. The van der Waals surface area contributed by atoms with Crippen molar-refractivity contribution in [3.63, 3.8) is 0 Å². The molecule has 1 aliphatic rings. The number of carbonyl (C=O) groups excluding carboxylic acids is 2. The second kappa shape index (κ2) is 9.11. The van der Waals surface area contributed by atoms with Gasteiger partial charge in [0.05, 0.1) is 16.7 Å². The lowest BCUT2D eigenvalue weighted by Crippen LogP contribution is -2.31. The van der Waals surface area contributed by atoms with E-state index in [0.29, 0.717) is 32.5 Å². The van der Waals surface area contributed by atoms with Crippen LogP contribution in [0.2, 0.25) is 0 Å². The molecule has 1 aromatic carbocycles. The Balaban J connectivity index is 1.67. The van der Waals surface area contributed by atoms with Crippen molar-refractivity contribution in [2.75, 3.05) is 26.8 Å². The third-order valence-corrected chi connectivity index (χ3v) is 5.18. The Kier molecular flexibility index (Phi) is 7.13. The van der Waals surface area contributed by atoms with Crippen LogP contribution in [0.5, 0.6) is 0 Å². The van der Waals surface area contributed by atoms with E-state index in [-0.39, 0.29) is 28.5 Å². The molecule has 26 heavy (non-hydrogen) atoms. The maximum Gasteiger partial charge on any atom is 0.238 e. The van der Waals surface area contributed by atoms with Gasteiger partial charge in [-0.1, -0.05) is 12.1 Å². The Bertz CT molecular complexity index is 733. The van der Waals surface area contributed by atoms with E-state index in [2.05, 4.69) is 10.6 Å². The molecule has 1 saturated carbocycles. The molecular weight excluding hydrogens is 358 g/mol. The molecular formula is C17H25N3O5S. The van der Waals surface area contributed by atoms with Crippen molar-refractivity contribution in [3.05, 3.63) is 29.8 Å². The molecule has 2 rings (SSSR count).